The van der Waals surface area contributed by atoms with Gasteiger partial charge >= 0.3 is 0 Å². The summed E-state index contributed by atoms with van der Waals surface area (Å²) in [5, 5.41) is 7.26. The van der Waals surface area contributed by atoms with Crippen molar-refractivity contribution >= 4 is 15.7 Å². The van der Waals surface area contributed by atoms with Crippen molar-refractivity contribution < 1.29 is 13.2 Å². The van der Waals surface area contributed by atoms with Crippen molar-refractivity contribution in [3.05, 3.63) is 47.3 Å². The van der Waals surface area contributed by atoms with E-state index in [1.54, 1.807) is 23.9 Å². The molecule has 126 valence electrons. The van der Waals surface area contributed by atoms with Crippen LogP contribution in [-0.4, -0.2) is 36.4 Å². The van der Waals surface area contributed by atoms with E-state index in [0.29, 0.717) is 23.1 Å². The van der Waals surface area contributed by atoms with E-state index < -0.39 is 9.84 Å². The molecule has 0 bridgehead atoms. The molecule has 1 aliphatic carbocycles. The molecule has 1 amide bonds. The number of fused-ring (bicyclic) bond motifs is 1. The van der Waals surface area contributed by atoms with Gasteiger partial charge in [-0.25, -0.2) is 8.42 Å². The number of nitrogens with one attached hydrogen (secondary N) is 1. The van der Waals surface area contributed by atoms with Crippen molar-refractivity contribution in [2.45, 2.75) is 29.6 Å². The number of rotatable bonds is 4. The Hall–Kier alpha value is -2.15. The maximum absolute atomic E-state index is 12.4. The first-order chi connectivity index (χ1) is 11.5. The van der Waals surface area contributed by atoms with Gasteiger partial charge in [0, 0.05) is 25.4 Å². The first kappa shape index (κ1) is 15.4. The number of hydrogen-bond donors (Lipinski definition) is 1. The first-order valence-electron chi connectivity index (χ1n) is 8.09. The number of carbonyl (C=O) groups excluding carboxylic acids is 1. The van der Waals surface area contributed by atoms with Crippen molar-refractivity contribution in [1.29, 1.82) is 0 Å². The third-order valence-electron chi connectivity index (χ3n) is 4.75. The number of benzene rings is 1. The van der Waals surface area contributed by atoms with Gasteiger partial charge in [-0.3, -0.25) is 9.48 Å². The Morgan fingerprint density at radius 1 is 1.33 bits per heavy atom. The second kappa shape index (κ2) is 5.44. The fourth-order valence-electron chi connectivity index (χ4n) is 3.30. The maximum Gasteiger partial charge on any atom is 0.269 e. The summed E-state index contributed by atoms with van der Waals surface area (Å²) in [6, 6.07) is 8.86. The lowest BCUT2D eigenvalue weighted by Gasteiger charge is -2.11. The van der Waals surface area contributed by atoms with Crippen LogP contribution < -0.4 is 5.32 Å². The van der Waals surface area contributed by atoms with Gasteiger partial charge < -0.3 is 5.32 Å². The molecule has 24 heavy (non-hydrogen) atoms. The van der Waals surface area contributed by atoms with Crippen molar-refractivity contribution in [2.75, 3.05) is 12.3 Å². The molecule has 7 heteroatoms. The Morgan fingerprint density at radius 3 is 2.83 bits per heavy atom. The molecule has 1 aromatic heterocycles. The summed E-state index contributed by atoms with van der Waals surface area (Å²) in [5.74, 6) is 0.125. The molecule has 2 aromatic rings. The molecule has 6 nitrogen and oxygen atoms in total. The summed E-state index contributed by atoms with van der Waals surface area (Å²) in [6.45, 7) is 0.305. The molecule has 1 unspecified atom stereocenters. The van der Waals surface area contributed by atoms with Gasteiger partial charge in [-0.05, 0) is 30.5 Å². The van der Waals surface area contributed by atoms with Gasteiger partial charge in [-0.2, -0.15) is 5.10 Å². The molecule has 2 aliphatic rings. The normalized spacial score (nSPS) is 21.5. The number of sulfone groups is 1. The fourth-order valence-corrected chi connectivity index (χ4v) is 5.19. The molecule has 0 saturated heterocycles. The highest BCUT2D eigenvalue weighted by molar-refractivity contribution is 7.91. The van der Waals surface area contributed by atoms with Crippen LogP contribution in [0.2, 0.25) is 0 Å². The number of carbonyl (C=O) groups is 1. The zero-order chi connectivity index (χ0) is 16.9. The summed E-state index contributed by atoms with van der Waals surface area (Å²) >= 11 is 0. The highest BCUT2D eigenvalue weighted by Crippen LogP contribution is 2.39. The Bertz CT molecular complexity index is 913. The van der Waals surface area contributed by atoms with Gasteiger partial charge in [0.25, 0.3) is 5.91 Å². The summed E-state index contributed by atoms with van der Waals surface area (Å²) < 4.78 is 26.0. The Balaban J connectivity index is 1.49. The SMILES string of the molecule is Cn1nc(C2CC2)cc1C(=O)NCC1CS(=O)(=O)c2ccccc21. The Morgan fingerprint density at radius 2 is 2.08 bits per heavy atom. The summed E-state index contributed by atoms with van der Waals surface area (Å²) in [6.07, 6.45) is 2.27. The molecule has 1 aromatic carbocycles. The number of nitrogens with zero attached hydrogens (tertiary/aromatic N) is 2. The van der Waals surface area contributed by atoms with E-state index in [0.717, 1.165) is 24.1 Å². The molecule has 1 N–H and O–H groups in total. The quantitative estimate of drug-likeness (QED) is 0.913. The fraction of sp³-hybridized carbons (Fsp3) is 0.412. The van der Waals surface area contributed by atoms with Crippen LogP contribution in [0.1, 0.15) is 46.4 Å². The largest absolute Gasteiger partial charge is 0.350 e. The minimum atomic E-state index is -3.24. The summed E-state index contributed by atoms with van der Waals surface area (Å²) in [4.78, 5) is 12.8. The van der Waals surface area contributed by atoms with E-state index in [9.17, 15) is 13.2 Å². The number of hydrogen-bond acceptors (Lipinski definition) is 4. The minimum absolute atomic E-state index is 0.0470. The van der Waals surface area contributed by atoms with E-state index >= 15 is 0 Å². The second-order valence-corrected chi connectivity index (χ2v) is 8.58. The average Bonchev–Trinajstić information content (AvgIpc) is 3.28. The number of aryl methyl sites for hydroxylation is 1. The maximum atomic E-state index is 12.4. The molecular weight excluding hydrogens is 326 g/mol. The van der Waals surface area contributed by atoms with Crippen LogP contribution in [-0.2, 0) is 16.9 Å². The standard InChI is InChI=1S/C17H19N3O3S/c1-20-15(8-14(19-20)11-6-7-11)17(21)18-9-12-10-24(22,23)16-5-3-2-4-13(12)16/h2-5,8,11-12H,6-7,9-10H2,1H3,(H,18,21). The first-order valence-corrected chi connectivity index (χ1v) is 9.75. The van der Waals surface area contributed by atoms with Crippen molar-refractivity contribution in [1.82, 2.24) is 15.1 Å². The molecule has 2 heterocycles. The van der Waals surface area contributed by atoms with E-state index in [1.165, 1.54) is 0 Å². The van der Waals surface area contributed by atoms with Crippen LogP contribution in [0, 0.1) is 0 Å². The van der Waals surface area contributed by atoms with Gasteiger partial charge in [0.2, 0.25) is 0 Å². The van der Waals surface area contributed by atoms with E-state index in [2.05, 4.69) is 10.4 Å². The lowest BCUT2D eigenvalue weighted by molar-refractivity contribution is 0.0942. The highest BCUT2D eigenvalue weighted by Gasteiger charge is 2.34. The number of aromatic nitrogens is 2. The predicted octanol–water partition coefficient (Wildman–Crippen LogP) is 1.60. The lowest BCUT2D eigenvalue weighted by atomic mass is 10.0. The lowest BCUT2D eigenvalue weighted by Crippen LogP contribution is -2.30. The van der Waals surface area contributed by atoms with E-state index in [-0.39, 0.29) is 17.6 Å². The van der Waals surface area contributed by atoms with Crippen LogP contribution in [0.4, 0.5) is 0 Å². The van der Waals surface area contributed by atoms with Crippen LogP contribution in [0.25, 0.3) is 0 Å². The van der Waals surface area contributed by atoms with Crippen molar-refractivity contribution in [2.24, 2.45) is 7.05 Å². The van der Waals surface area contributed by atoms with Crippen LogP contribution in [0.5, 0.6) is 0 Å². The average molecular weight is 345 g/mol. The van der Waals surface area contributed by atoms with Crippen LogP contribution in [0.15, 0.2) is 35.2 Å². The molecule has 0 spiro atoms. The minimum Gasteiger partial charge on any atom is -0.350 e. The topological polar surface area (TPSA) is 81.1 Å². The van der Waals surface area contributed by atoms with Gasteiger partial charge in [-0.1, -0.05) is 18.2 Å². The summed E-state index contributed by atoms with van der Waals surface area (Å²) in [7, 11) is -1.48. The Kier molecular flexibility index (Phi) is 3.49. The third-order valence-corrected chi connectivity index (χ3v) is 6.63. The van der Waals surface area contributed by atoms with Gasteiger partial charge in [-0.15, -0.1) is 0 Å². The van der Waals surface area contributed by atoms with E-state index in [4.69, 9.17) is 0 Å². The third kappa shape index (κ3) is 2.62. The van der Waals surface area contributed by atoms with Gasteiger partial charge in [0.1, 0.15) is 5.69 Å². The Labute approximate surface area is 140 Å². The second-order valence-electron chi connectivity index (χ2n) is 6.58. The van der Waals surface area contributed by atoms with Crippen molar-refractivity contribution in [3.63, 3.8) is 0 Å². The smallest absolute Gasteiger partial charge is 0.269 e. The van der Waals surface area contributed by atoms with Crippen molar-refractivity contribution in [3.8, 4) is 0 Å². The highest BCUT2D eigenvalue weighted by atomic mass is 32.2. The molecule has 1 fully saturated rings. The van der Waals surface area contributed by atoms with Crippen LogP contribution in [0.3, 0.4) is 0 Å². The molecular formula is C17H19N3O3S. The van der Waals surface area contributed by atoms with E-state index in [1.807, 2.05) is 18.2 Å². The number of amides is 1. The molecule has 1 atom stereocenters. The predicted molar refractivity (Wildman–Crippen MR) is 88.8 cm³/mol. The molecule has 4 rings (SSSR count). The van der Waals surface area contributed by atoms with Gasteiger partial charge in [0.15, 0.2) is 9.84 Å². The zero-order valence-corrected chi connectivity index (χ0v) is 14.2. The summed E-state index contributed by atoms with van der Waals surface area (Å²) in [5.41, 5.74) is 2.28. The molecule has 1 aliphatic heterocycles. The van der Waals surface area contributed by atoms with Crippen LogP contribution >= 0.6 is 0 Å². The molecule has 0 radical (unpaired) electrons. The molecule has 1 saturated carbocycles. The monoisotopic (exact) mass is 345 g/mol. The zero-order valence-electron chi connectivity index (χ0n) is 13.4. The van der Waals surface area contributed by atoms with Gasteiger partial charge in [0.05, 0.1) is 16.3 Å².